The fourth-order valence-electron chi connectivity index (χ4n) is 1.67. The topological polar surface area (TPSA) is 62.5 Å². The van der Waals surface area contributed by atoms with E-state index in [1.54, 1.807) is 22.1 Å². The molecule has 1 aromatic heterocycles. The van der Waals surface area contributed by atoms with Crippen LogP contribution in [0.2, 0.25) is 0 Å². The lowest BCUT2D eigenvalue weighted by molar-refractivity contribution is 0.223. The number of pyridine rings is 1. The van der Waals surface area contributed by atoms with Crippen LogP contribution < -0.4 is 10.6 Å². The molecule has 1 fully saturated rings. The first-order chi connectivity index (χ1) is 7.22. The second kappa shape index (κ2) is 3.76. The molecule has 0 aromatic carbocycles. The van der Waals surface area contributed by atoms with Gasteiger partial charge in [-0.25, -0.2) is 9.78 Å². The number of carbonyl (C=O) groups excluding carboxylic acids is 1. The molecule has 2 amide bonds. The van der Waals surface area contributed by atoms with Gasteiger partial charge in [0.05, 0.1) is 11.9 Å². The molecule has 2 rings (SSSR count). The monoisotopic (exact) mass is 206 g/mol. The van der Waals surface area contributed by atoms with E-state index in [0.29, 0.717) is 5.82 Å². The number of hydrogen-bond acceptors (Lipinski definition) is 3. The molecule has 0 unspecified atom stereocenters. The first-order valence-electron chi connectivity index (χ1n) is 5.00. The summed E-state index contributed by atoms with van der Waals surface area (Å²) >= 11 is 0. The van der Waals surface area contributed by atoms with E-state index in [9.17, 15) is 4.79 Å². The third-order valence-corrected chi connectivity index (χ3v) is 2.56. The molecule has 0 bridgehead atoms. The highest BCUT2D eigenvalue weighted by Gasteiger charge is 2.28. The Balaban J connectivity index is 2.19. The fourth-order valence-corrected chi connectivity index (χ4v) is 1.67. The van der Waals surface area contributed by atoms with Crippen LogP contribution in [0.1, 0.15) is 6.92 Å². The molecule has 1 aliphatic heterocycles. The Hall–Kier alpha value is -1.78. The van der Waals surface area contributed by atoms with Crippen molar-refractivity contribution in [2.75, 3.05) is 30.3 Å². The summed E-state index contributed by atoms with van der Waals surface area (Å²) in [5.74, 6) is 0.470. The van der Waals surface area contributed by atoms with Crippen molar-refractivity contribution < 1.29 is 4.79 Å². The highest BCUT2D eigenvalue weighted by molar-refractivity contribution is 5.93. The molecule has 1 saturated heterocycles. The molecule has 1 aliphatic rings. The smallest absolute Gasteiger partial charge is 0.324 e. The van der Waals surface area contributed by atoms with Gasteiger partial charge in [0, 0.05) is 19.6 Å². The Morgan fingerprint density at radius 1 is 1.47 bits per heavy atom. The van der Waals surface area contributed by atoms with Crippen molar-refractivity contribution in [2.45, 2.75) is 6.92 Å². The van der Waals surface area contributed by atoms with Crippen molar-refractivity contribution in [3.05, 3.63) is 18.3 Å². The summed E-state index contributed by atoms with van der Waals surface area (Å²) in [6.07, 6.45) is 1.63. The van der Waals surface area contributed by atoms with Gasteiger partial charge in [0.1, 0.15) is 5.82 Å². The zero-order valence-corrected chi connectivity index (χ0v) is 8.68. The van der Waals surface area contributed by atoms with E-state index in [1.165, 1.54) is 0 Å². The molecular weight excluding hydrogens is 192 g/mol. The van der Waals surface area contributed by atoms with Crippen LogP contribution in [0.15, 0.2) is 18.3 Å². The van der Waals surface area contributed by atoms with Gasteiger partial charge >= 0.3 is 6.03 Å². The maximum Gasteiger partial charge on any atom is 0.324 e. The number of nitrogen functional groups attached to an aromatic ring is 1. The normalized spacial score (nSPS) is 16.2. The van der Waals surface area contributed by atoms with Crippen LogP contribution in [0.3, 0.4) is 0 Å². The van der Waals surface area contributed by atoms with Crippen LogP contribution in [0, 0.1) is 0 Å². The van der Waals surface area contributed by atoms with Gasteiger partial charge in [-0.15, -0.1) is 0 Å². The van der Waals surface area contributed by atoms with Crippen molar-refractivity contribution in [1.29, 1.82) is 0 Å². The molecule has 0 spiro atoms. The molecule has 0 atom stereocenters. The lowest BCUT2D eigenvalue weighted by atomic mass is 10.4. The standard InChI is InChI=1S/C10H14N4O/c1-2-13-5-6-14(10(13)15)8-3-4-9(11)12-7-8/h3-4,7H,2,5-6H2,1H3,(H2,11,12). The van der Waals surface area contributed by atoms with Gasteiger partial charge in [-0.1, -0.05) is 0 Å². The largest absolute Gasteiger partial charge is 0.384 e. The molecule has 0 radical (unpaired) electrons. The number of amides is 2. The minimum absolute atomic E-state index is 0.0454. The second-order valence-corrected chi connectivity index (χ2v) is 3.46. The zero-order chi connectivity index (χ0) is 10.8. The summed E-state index contributed by atoms with van der Waals surface area (Å²) in [6, 6.07) is 3.57. The Bertz CT molecular complexity index is 362. The molecule has 5 nitrogen and oxygen atoms in total. The Morgan fingerprint density at radius 2 is 2.27 bits per heavy atom. The molecule has 80 valence electrons. The molecule has 0 saturated carbocycles. The summed E-state index contributed by atoms with van der Waals surface area (Å²) in [7, 11) is 0. The van der Waals surface area contributed by atoms with Crippen LogP contribution in [-0.4, -0.2) is 35.5 Å². The maximum absolute atomic E-state index is 11.8. The average molecular weight is 206 g/mol. The van der Waals surface area contributed by atoms with Crippen molar-refractivity contribution >= 4 is 17.5 Å². The van der Waals surface area contributed by atoms with Crippen LogP contribution >= 0.6 is 0 Å². The van der Waals surface area contributed by atoms with E-state index in [0.717, 1.165) is 25.3 Å². The number of urea groups is 1. The van der Waals surface area contributed by atoms with Crippen molar-refractivity contribution in [2.24, 2.45) is 0 Å². The maximum atomic E-state index is 11.8. The number of nitrogens with zero attached hydrogens (tertiary/aromatic N) is 3. The van der Waals surface area contributed by atoms with E-state index < -0.39 is 0 Å². The summed E-state index contributed by atoms with van der Waals surface area (Å²) in [4.78, 5) is 19.3. The predicted molar refractivity (Wildman–Crippen MR) is 58.6 cm³/mol. The summed E-state index contributed by atoms with van der Waals surface area (Å²) in [5, 5.41) is 0. The number of likely N-dealkylation sites (N-methyl/N-ethyl adjacent to an activating group) is 1. The SMILES string of the molecule is CCN1CCN(c2ccc(N)nc2)C1=O. The number of aromatic nitrogens is 1. The molecule has 2 N–H and O–H groups in total. The van der Waals surface area contributed by atoms with E-state index in [4.69, 9.17) is 5.73 Å². The third kappa shape index (κ3) is 1.72. The van der Waals surface area contributed by atoms with E-state index in [2.05, 4.69) is 4.98 Å². The number of carbonyl (C=O) groups is 1. The van der Waals surface area contributed by atoms with Crippen LogP contribution in [0.4, 0.5) is 16.3 Å². The number of hydrogen-bond donors (Lipinski definition) is 1. The van der Waals surface area contributed by atoms with Gasteiger partial charge in [0.2, 0.25) is 0 Å². The third-order valence-electron chi connectivity index (χ3n) is 2.56. The van der Waals surface area contributed by atoms with E-state index in [1.807, 2.05) is 13.0 Å². The van der Waals surface area contributed by atoms with Gasteiger partial charge in [-0.05, 0) is 19.1 Å². The quantitative estimate of drug-likeness (QED) is 0.782. The van der Waals surface area contributed by atoms with Crippen molar-refractivity contribution in [1.82, 2.24) is 9.88 Å². The molecule has 0 aliphatic carbocycles. The van der Waals surface area contributed by atoms with Crippen LogP contribution in [-0.2, 0) is 0 Å². The summed E-state index contributed by atoms with van der Waals surface area (Å²) < 4.78 is 0. The van der Waals surface area contributed by atoms with Gasteiger partial charge in [-0.2, -0.15) is 0 Å². The Labute approximate surface area is 88.5 Å². The lowest BCUT2D eigenvalue weighted by Crippen LogP contribution is -2.31. The van der Waals surface area contributed by atoms with Crippen molar-refractivity contribution in [3.8, 4) is 0 Å². The van der Waals surface area contributed by atoms with Gasteiger partial charge in [-0.3, -0.25) is 4.90 Å². The molecule has 2 heterocycles. The molecule has 5 heteroatoms. The number of rotatable bonds is 2. The zero-order valence-electron chi connectivity index (χ0n) is 8.68. The Morgan fingerprint density at radius 3 is 2.80 bits per heavy atom. The van der Waals surface area contributed by atoms with Gasteiger partial charge < -0.3 is 10.6 Å². The van der Waals surface area contributed by atoms with E-state index >= 15 is 0 Å². The van der Waals surface area contributed by atoms with Gasteiger partial charge in [0.15, 0.2) is 0 Å². The number of anilines is 2. The fraction of sp³-hybridized carbons (Fsp3) is 0.400. The minimum atomic E-state index is 0.0454. The van der Waals surface area contributed by atoms with Crippen LogP contribution in [0.25, 0.3) is 0 Å². The second-order valence-electron chi connectivity index (χ2n) is 3.46. The predicted octanol–water partition coefficient (Wildman–Crippen LogP) is 0.926. The van der Waals surface area contributed by atoms with E-state index in [-0.39, 0.29) is 6.03 Å². The number of nitrogens with two attached hydrogens (primary N) is 1. The molecular formula is C10H14N4O. The van der Waals surface area contributed by atoms with Crippen molar-refractivity contribution in [3.63, 3.8) is 0 Å². The highest BCUT2D eigenvalue weighted by atomic mass is 16.2. The minimum Gasteiger partial charge on any atom is -0.384 e. The lowest BCUT2D eigenvalue weighted by Gasteiger charge is -2.16. The molecule has 15 heavy (non-hydrogen) atoms. The van der Waals surface area contributed by atoms with Crippen LogP contribution in [0.5, 0.6) is 0 Å². The Kier molecular flexibility index (Phi) is 2.45. The first-order valence-corrected chi connectivity index (χ1v) is 5.00. The summed E-state index contributed by atoms with van der Waals surface area (Å²) in [5.41, 5.74) is 6.30. The summed E-state index contributed by atoms with van der Waals surface area (Å²) in [6.45, 7) is 4.22. The first kappa shape index (κ1) is 9.76. The highest BCUT2D eigenvalue weighted by Crippen LogP contribution is 2.19. The average Bonchev–Trinajstić information content (AvgIpc) is 2.61. The molecule has 1 aromatic rings. The van der Waals surface area contributed by atoms with Gasteiger partial charge in [0.25, 0.3) is 0 Å².